The van der Waals surface area contributed by atoms with Crippen LogP contribution in [0.1, 0.15) is 6.92 Å². The minimum absolute atomic E-state index is 0.426. The van der Waals surface area contributed by atoms with Gasteiger partial charge < -0.3 is 10.2 Å². The summed E-state index contributed by atoms with van der Waals surface area (Å²) >= 11 is 0. The molecule has 0 spiro atoms. The third-order valence-corrected chi connectivity index (χ3v) is 0.697. The summed E-state index contributed by atoms with van der Waals surface area (Å²) in [4.78, 5) is 9.82. The minimum Gasteiger partial charge on any atom is -0.478 e. The van der Waals surface area contributed by atoms with Crippen LogP contribution in [-0.2, 0) is 4.79 Å². The topological polar surface area (TPSA) is 57.5 Å². The van der Waals surface area contributed by atoms with Crippen LogP contribution in [0.5, 0.6) is 0 Å². The van der Waals surface area contributed by atoms with Gasteiger partial charge in [-0.15, -0.1) is 0 Å². The van der Waals surface area contributed by atoms with E-state index in [0.29, 0.717) is 0 Å². The highest BCUT2D eigenvalue weighted by Crippen LogP contribution is 1.95. The van der Waals surface area contributed by atoms with Crippen LogP contribution in [-0.4, -0.2) is 22.3 Å². The standard InChI is InChI=1S/C5H7O3/c1-3(4(2)6)5(7)8/h1,4,6H,2H3,(H,7,8). The Bertz CT molecular complexity index is 115. The molecular weight excluding hydrogens is 108 g/mol. The number of carboxylic acids is 1. The van der Waals surface area contributed by atoms with E-state index in [4.69, 9.17) is 16.8 Å². The molecule has 0 aromatic heterocycles. The van der Waals surface area contributed by atoms with Crippen molar-refractivity contribution in [3.05, 3.63) is 12.2 Å². The summed E-state index contributed by atoms with van der Waals surface area (Å²) in [6.07, 6.45) is -1.06. The normalized spacial score (nSPS) is 12.8. The fraction of sp³-hybridized carbons (Fsp3) is 0.400. The lowest BCUT2D eigenvalue weighted by Crippen LogP contribution is -2.12. The lowest BCUT2D eigenvalue weighted by molar-refractivity contribution is -0.133. The fourth-order valence-corrected chi connectivity index (χ4v) is 0.179. The smallest absolute Gasteiger partial charge is 0.334 e. The Hall–Kier alpha value is -0.830. The third kappa shape index (κ3) is 1.75. The Morgan fingerprint density at radius 3 is 2.12 bits per heavy atom. The second kappa shape index (κ2) is 2.47. The van der Waals surface area contributed by atoms with Crippen LogP contribution < -0.4 is 0 Å². The molecule has 0 rings (SSSR count). The van der Waals surface area contributed by atoms with Crippen molar-refractivity contribution in [3.8, 4) is 0 Å². The van der Waals surface area contributed by atoms with Crippen molar-refractivity contribution in [1.82, 2.24) is 0 Å². The predicted octanol–water partition coefficient (Wildman–Crippen LogP) is -0.189. The summed E-state index contributed by atoms with van der Waals surface area (Å²) in [5.74, 6) is -1.26. The van der Waals surface area contributed by atoms with Crippen LogP contribution in [0.4, 0.5) is 0 Å². The Kier molecular flexibility index (Phi) is 2.21. The van der Waals surface area contributed by atoms with E-state index in [2.05, 4.69) is 0 Å². The molecule has 0 fully saturated rings. The number of hydrogen-bond acceptors (Lipinski definition) is 2. The van der Waals surface area contributed by atoms with E-state index < -0.39 is 17.6 Å². The van der Waals surface area contributed by atoms with E-state index in [1.54, 1.807) is 0 Å². The van der Waals surface area contributed by atoms with Gasteiger partial charge in [-0.3, -0.25) is 0 Å². The highest BCUT2D eigenvalue weighted by atomic mass is 16.4. The van der Waals surface area contributed by atoms with Crippen LogP contribution in [0.2, 0.25) is 0 Å². The van der Waals surface area contributed by atoms with E-state index in [9.17, 15) is 4.79 Å². The van der Waals surface area contributed by atoms with Gasteiger partial charge >= 0.3 is 5.97 Å². The number of rotatable bonds is 2. The minimum atomic E-state index is -1.26. The van der Waals surface area contributed by atoms with Gasteiger partial charge in [-0.2, -0.15) is 0 Å². The van der Waals surface area contributed by atoms with Crippen LogP contribution in [0.25, 0.3) is 0 Å². The van der Waals surface area contributed by atoms with Crippen molar-refractivity contribution in [2.75, 3.05) is 0 Å². The molecule has 0 heterocycles. The molecule has 1 atom stereocenters. The number of carboxylic acid groups (broad SMARTS) is 1. The van der Waals surface area contributed by atoms with Gasteiger partial charge in [-0.1, -0.05) is 0 Å². The van der Waals surface area contributed by atoms with Gasteiger partial charge in [0.1, 0.15) is 0 Å². The molecule has 1 unspecified atom stereocenters. The molecule has 8 heavy (non-hydrogen) atoms. The first kappa shape index (κ1) is 7.17. The van der Waals surface area contributed by atoms with Crippen LogP contribution in [0.3, 0.4) is 0 Å². The number of aliphatic hydroxyl groups is 1. The molecule has 0 aliphatic heterocycles. The molecule has 0 saturated carbocycles. The maximum absolute atomic E-state index is 9.82. The van der Waals surface area contributed by atoms with E-state index >= 15 is 0 Å². The summed E-state index contributed by atoms with van der Waals surface area (Å²) in [6, 6.07) is 0. The quantitative estimate of drug-likeness (QED) is 0.490. The Labute approximate surface area is 47.3 Å². The highest BCUT2D eigenvalue weighted by Gasteiger charge is 2.08. The molecule has 0 aromatic rings. The average Bonchev–Trinajstić information content (AvgIpc) is 1.64. The second-order valence-corrected chi connectivity index (χ2v) is 1.44. The maximum Gasteiger partial charge on any atom is 0.334 e. The summed E-state index contributed by atoms with van der Waals surface area (Å²) < 4.78 is 0. The first-order valence-corrected chi connectivity index (χ1v) is 2.09. The van der Waals surface area contributed by atoms with Crippen molar-refractivity contribution in [2.45, 2.75) is 13.0 Å². The molecule has 1 radical (unpaired) electrons. The molecule has 3 nitrogen and oxygen atoms in total. The number of carbonyl (C=O) groups is 1. The van der Waals surface area contributed by atoms with Crippen molar-refractivity contribution in [2.24, 2.45) is 0 Å². The average molecular weight is 115 g/mol. The number of hydrogen-bond donors (Lipinski definition) is 2. The monoisotopic (exact) mass is 115 g/mol. The molecule has 0 aliphatic rings. The van der Waals surface area contributed by atoms with Crippen LogP contribution >= 0.6 is 0 Å². The summed E-state index contributed by atoms with van der Waals surface area (Å²) in [7, 11) is 0. The fourth-order valence-electron chi connectivity index (χ4n) is 0.179. The SMILES string of the molecule is [CH]=C(C(=O)O)C(C)O. The zero-order valence-corrected chi connectivity index (χ0v) is 4.46. The van der Waals surface area contributed by atoms with Crippen molar-refractivity contribution in [1.29, 1.82) is 0 Å². The molecule has 2 N–H and O–H groups in total. The second-order valence-electron chi connectivity index (χ2n) is 1.44. The van der Waals surface area contributed by atoms with Gasteiger partial charge in [0.15, 0.2) is 0 Å². The van der Waals surface area contributed by atoms with Gasteiger partial charge in [0.25, 0.3) is 0 Å². The number of aliphatic carboxylic acids is 1. The molecule has 0 aromatic carbocycles. The summed E-state index contributed by atoms with van der Waals surface area (Å²) in [5, 5.41) is 16.5. The molecule has 0 saturated heterocycles. The molecule has 0 amide bonds. The molecule has 0 bridgehead atoms. The first-order chi connectivity index (χ1) is 3.55. The maximum atomic E-state index is 9.82. The van der Waals surface area contributed by atoms with Crippen molar-refractivity contribution in [3.63, 3.8) is 0 Å². The van der Waals surface area contributed by atoms with Crippen molar-refractivity contribution < 1.29 is 15.0 Å². The Morgan fingerprint density at radius 1 is 1.75 bits per heavy atom. The summed E-state index contributed by atoms with van der Waals surface area (Å²) in [5.41, 5.74) is -0.426. The van der Waals surface area contributed by atoms with E-state index in [1.807, 2.05) is 0 Å². The largest absolute Gasteiger partial charge is 0.478 e. The molecular formula is C5H7O3. The first-order valence-electron chi connectivity index (χ1n) is 2.09. The predicted molar refractivity (Wildman–Crippen MR) is 27.1 cm³/mol. The zero-order valence-electron chi connectivity index (χ0n) is 4.46. The lowest BCUT2D eigenvalue weighted by Gasteiger charge is -1.99. The Morgan fingerprint density at radius 2 is 2.12 bits per heavy atom. The van der Waals surface area contributed by atoms with Gasteiger partial charge in [0.2, 0.25) is 0 Å². The lowest BCUT2D eigenvalue weighted by atomic mass is 10.2. The molecule has 3 heteroatoms. The summed E-state index contributed by atoms with van der Waals surface area (Å²) in [6.45, 7) is 6.12. The van der Waals surface area contributed by atoms with E-state index in [1.165, 1.54) is 6.92 Å². The highest BCUT2D eigenvalue weighted by molar-refractivity contribution is 5.86. The Balaban J connectivity index is 3.84. The zero-order chi connectivity index (χ0) is 6.73. The van der Waals surface area contributed by atoms with E-state index in [0.717, 1.165) is 0 Å². The van der Waals surface area contributed by atoms with Gasteiger partial charge in [0, 0.05) is 0 Å². The van der Waals surface area contributed by atoms with Gasteiger partial charge in [-0.25, -0.2) is 4.79 Å². The van der Waals surface area contributed by atoms with Crippen LogP contribution in [0.15, 0.2) is 5.57 Å². The van der Waals surface area contributed by atoms with Crippen LogP contribution in [0, 0.1) is 6.58 Å². The molecule has 0 aliphatic carbocycles. The molecule has 45 valence electrons. The van der Waals surface area contributed by atoms with Gasteiger partial charge in [0.05, 0.1) is 11.7 Å². The van der Waals surface area contributed by atoms with Gasteiger partial charge in [-0.05, 0) is 13.5 Å². The number of aliphatic hydroxyl groups excluding tert-OH is 1. The van der Waals surface area contributed by atoms with Crippen molar-refractivity contribution >= 4 is 5.97 Å². The van der Waals surface area contributed by atoms with E-state index in [-0.39, 0.29) is 0 Å². The third-order valence-electron chi connectivity index (χ3n) is 0.697.